The number of aromatic nitrogens is 2. The number of hydrogen-bond donors (Lipinski definition) is 1. The third kappa shape index (κ3) is 9.66. The van der Waals surface area contributed by atoms with Gasteiger partial charge in [0.15, 0.2) is 5.78 Å². The van der Waals surface area contributed by atoms with Gasteiger partial charge in [0.2, 0.25) is 0 Å². The van der Waals surface area contributed by atoms with Gasteiger partial charge in [0.1, 0.15) is 6.33 Å². The molecular weight excluding hydrogens is 801 g/mol. The van der Waals surface area contributed by atoms with Crippen LogP contribution in [0.25, 0.3) is 42.3 Å². The Kier molecular flexibility index (Phi) is 13.4. The number of ketones is 1. The second kappa shape index (κ2) is 16.9. The van der Waals surface area contributed by atoms with E-state index in [4.69, 9.17) is 1.37 Å². The fourth-order valence-corrected chi connectivity index (χ4v) is 8.45. The molecule has 0 saturated carbocycles. The average molecular weight is 857 g/mol. The summed E-state index contributed by atoms with van der Waals surface area (Å²) in [6, 6.07) is 18.2. The SMILES string of the molecule is CC(C)C(C(=O)/C=C(\O)C(C(C)C)C(C)C)C(C)C.[2H]c1cc(-c2ncnc3c2sc2c(C)c(CC(C)(C)C)ccc23)[c-]c2ccccc12.[Ir]. The standard InChI is InChI=1S/C26H23N2S.C17H32O2.Ir/c1-16-20(14-26(2,3)4)11-12-21-23-25(29-24(16)21)22(27-15-28-23)19-10-9-17-7-5-6-8-18(17)13-19;1-10(2)16(11(3)4)14(18)9-15(19)17(12(5)6)13(7)8;/h5-12,15H,14H2,1-4H3;9-13,16-18H,1-8H3;/q-1;;/b;14-9-;/i9D;;. The molecule has 6 heteroatoms. The Morgan fingerprint density at radius 1 is 0.898 bits per heavy atom. The van der Waals surface area contributed by atoms with Crippen molar-refractivity contribution in [2.45, 2.75) is 89.5 Å². The van der Waals surface area contributed by atoms with Crippen molar-refractivity contribution in [2.24, 2.45) is 40.9 Å². The van der Waals surface area contributed by atoms with Gasteiger partial charge in [-0.05, 0) is 53.6 Å². The first-order valence-electron chi connectivity index (χ1n) is 17.9. The van der Waals surface area contributed by atoms with Crippen LogP contribution in [0.4, 0.5) is 0 Å². The Bertz CT molecular complexity index is 1950. The van der Waals surface area contributed by atoms with Crippen LogP contribution < -0.4 is 0 Å². The number of aryl methyl sites for hydroxylation is 1. The van der Waals surface area contributed by atoms with Gasteiger partial charge in [0.25, 0.3) is 0 Å². The van der Waals surface area contributed by atoms with E-state index in [1.807, 2.05) is 30.3 Å². The number of hydrogen-bond acceptors (Lipinski definition) is 5. The van der Waals surface area contributed by atoms with Crippen LogP contribution in [0, 0.1) is 53.9 Å². The molecule has 3 aromatic carbocycles. The number of carbonyl (C=O) groups excluding carboxylic acids is 1. The first-order valence-corrected chi connectivity index (χ1v) is 18.2. The van der Waals surface area contributed by atoms with E-state index in [1.165, 1.54) is 27.3 Å². The Hall–Kier alpha value is -2.92. The molecule has 4 nitrogen and oxygen atoms in total. The van der Waals surface area contributed by atoms with E-state index in [2.05, 4.69) is 111 Å². The van der Waals surface area contributed by atoms with E-state index in [0.717, 1.165) is 38.7 Å². The van der Waals surface area contributed by atoms with Crippen LogP contribution in [0.2, 0.25) is 0 Å². The van der Waals surface area contributed by atoms with Crippen molar-refractivity contribution in [3.8, 4) is 11.3 Å². The Balaban J connectivity index is 0.000000296. The molecule has 1 radical (unpaired) electrons. The van der Waals surface area contributed by atoms with Gasteiger partial charge in [-0.15, -0.1) is 41.0 Å². The number of carbonyl (C=O) groups is 1. The molecule has 0 aliphatic carbocycles. The summed E-state index contributed by atoms with van der Waals surface area (Å²) in [7, 11) is 0. The van der Waals surface area contributed by atoms with E-state index >= 15 is 0 Å². The summed E-state index contributed by atoms with van der Waals surface area (Å²) in [5.41, 5.74) is 5.66. The van der Waals surface area contributed by atoms with Gasteiger partial charge in [0.05, 0.1) is 11.3 Å². The van der Waals surface area contributed by atoms with Crippen LogP contribution in [-0.2, 0) is 31.3 Å². The Morgan fingerprint density at radius 3 is 2.10 bits per heavy atom. The minimum atomic E-state index is -0.0119. The van der Waals surface area contributed by atoms with Gasteiger partial charge in [-0.25, -0.2) is 4.98 Å². The molecule has 0 spiro atoms. The molecule has 0 bridgehead atoms. The molecule has 0 aliphatic heterocycles. The molecule has 0 atom stereocenters. The van der Waals surface area contributed by atoms with Crippen molar-refractivity contribution in [2.75, 3.05) is 0 Å². The molecule has 1 N–H and O–H groups in total. The largest absolute Gasteiger partial charge is 0.512 e. The summed E-state index contributed by atoms with van der Waals surface area (Å²) in [4.78, 5) is 21.6. The molecule has 2 aromatic heterocycles. The summed E-state index contributed by atoms with van der Waals surface area (Å²) in [6.45, 7) is 25.6. The minimum Gasteiger partial charge on any atom is -0.512 e. The summed E-state index contributed by atoms with van der Waals surface area (Å²) in [5.74, 6) is 1.63. The summed E-state index contributed by atoms with van der Waals surface area (Å²) >= 11 is 1.75. The molecule has 2 heterocycles. The first kappa shape index (κ1) is 38.9. The van der Waals surface area contributed by atoms with Gasteiger partial charge in [-0.1, -0.05) is 117 Å². The van der Waals surface area contributed by atoms with Crippen LogP contribution in [-0.4, -0.2) is 20.9 Å². The normalized spacial score (nSPS) is 12.9. The van der Waals surface area contributed by atoms with Crippen LogP contribution in [0.3, 0.4) is 0 Å². The fraction of sp³-hybridized carbons (Fsp3) is 0.465. The number of thiophene rings is 1. The van der Waals surface area contributed by atoms with Gasteiger partial charge in [-0.3, -0.25) is 9.78 Å². The molecule has 0 unspecified atom stereocenters. The Morgan fingerprint density at radius 2 is 1.51 bits per heavy atom. The first-order chi connectivity index (χ1) is 22.9. The summed E-state index contributed by atoms with van der Waals surface area (Å²) in [6.07, 6.45) is 4.16. The van der Waals surface area contributed by atoms with Crippen molar-refractivity contribution in [3.63, 3.8) is 0 Å². The molecule has 0 fully saturated rings. The third-order valence-corrected chi connectivity index (χ3v) is 10.5. The van der Waals surface area contributed by atoms with Crippen LogP contribution in [0.5, 0.6) is 0 Å². The molecule has 0 aliphatic rings. The predicted octanol–water partition coefficient (Wildman–Crippen LogP) is 12.2. The average Bonchev–Trinajstić information content (AvgIpc) is 3.37. The van der Waals surface area contributed by atoms with E-state index in [1.54, 1.807) is 17.7 Å². The second-order valence-corrected chi connectivity index (χ2v) is 16.9. The number of aliphatic hydroxyl groups is 1. The van der Waals surface area contributed by atoms with Crippen LogP contribution >= 0.6 is 11.3 Å². The zero-order valence-electron chi connectivity index (χ0n) is 32.4. The minimum absolute atomic E-state index is 0. The van der Waals surface area contributed by atoms with Gasteiger partial charge in [-0.2, -0.15) is 0 Å². The smallest absolute Gasteiger partial charge is 0.162 e. The van der Waals surface area contributed by atoms with Crippen molar-refractivity contribution in [1.29, 1.82) is 0 Å². The maximum Gasteiger partial charge on any atom is 0.162 e. The van der Waals surface area contributed by atoms with Crippen LogP contribution in [0.1, 0.15) is 88.7 Å². The van der Waals surface area contributed by atoms with E-state index in [0.29, 0.717) is 29.7 Å². The molecule has 0 amide bonds. The topological polar surface area (TPSA) is 63.1 Å². The number of aliphatic hydroxyl groups excluding tert-OH is 1. The monoisotopic (exact) mass is 857 g/mol. The molecular formula is C43H55IrN2O2S-. The fourth-order valence-electron chi connectivity index (χ4n) is 7.16. The van der Waals surface area contributed by atoms with Gasteiger partial charge >= 0.3 is 0 Å². The van der Waals surface area contributed by atoms with Crippen LogP contribution in [0.15, 0.2) is 66.7 Å². The van der Waals surface area contributed by atoms with E-state index < -0.39 is 0 Å². The maximum atomic E-state index is 12.3. The molecule has 0 saturated heterocycles. The maximum absolute atomic E-state index is 12.3. The van der Waals surface area contributed by atoms with E-state index in [-0.39, 0.29) is 48.9 Å². The molecule has 49 heavy (non-hydrogen) atoms. The number of fused-ring (bicyclic) bond motifs is 4. The summed E-state index contributed by atoms with van der Waals surface area (Å²) < 4.78 is 10.8. The number of rotatable bonds is 9. The Labute approximate surface area is 313 Å². The third-order valence-electron chi connectivity index (χ3n) is 9.16. The second-order valence-electron chi connectivity index (χ2n) is 15.8. The van der Waals surface area contributed by atoms with Crippen molar-refractivity contribution >= 4 is 48.2 Å². The quantitative estimate of drug-likeness (QED) is 0.0911. The zero-order valence-corrected chi connectivity index (χ0v) is 34.6. The summed E-state index contributed by atoms with van der Waals surface area (Å²) in [5, 5.41) is 13.3. The van der Waals surface area contributed by atoms with Crippen molar-refractivity contribution in [1.82, 2.24) is 9.97 Å². The molecule has 265 valence electrons. The number of nitrogens with zero attached hydrogens (tertiary/aromatic N) is 2. The molecule has 5 aromatic rings. The van der Waals surface area contributed by atoms with Gasteiger partial charge in [0, 0.05) is 59.9 Å². The van der Waals surface area contributed by atoms with Crippen molar-refractivity contribution < 1.29 is 31.4 Å². The molecule has 5 rings (SSSR count). The van der Waals surface area contributed by atoms with Gasteiger partial charge < -0.3 is 5.11 Å². The van der Waals surface area contributed by atoms with E-state index in [9.17, 15) is 9.90 Å². The zero-order chi connectivity index (χ0) is 36.4. The number of benzene rings is 3. The number of allylic oxidation sites excluding steroid dienone is 2. The van der Waals surface area contributed by atoms with Crippen molar-refractivity contribution in [3.05, 3.63) is 83.9 Å². The predicted molar refractivity (Wildman–Crippen MR) is 207 cm³/mol.